The zero-order valence-electron chi connectivity index (χ0n) is 43.4. The Hall–Kier alpha value is -6.01. The standard InChI is InChI=1S/C60H72F2N6O4/c1-9-37(34-59(29-30-59)28-27-52(69)55(67(11-3)12-4)38-17-15-14-16-18-38)54-45-25-24-42(45)46(35-63-54)41-20-23-44-43-22-19-39(31-47(43)60(61,62)48(44)32-41)40-21-26-49-50(33-40)65-56(64-49)51(10-2)68(13-5)57(70)53(36(6)7)66-58(71)72-8/h14-23,26,31-33,35-37,42,45,51,53,55H,9-13,24-25,27-30,34H2,1-8H3,(H,64,65)(H,66,71). The summed E-state index contributed by atoms with van der Waals surface area (Å²) in [4.78, 5) is 57.5. The molecule has 1 aliphatic heterocycles. The molecule has 6 atom stereocenters. The highest BCUT2D eigenvalue weighted by molar-refractivity contribution is 5.96. The molecule has 2 fully saturated rings. The first-order valence-corrected chi connectivity index (χ1v) is 26.6. The number of imidazole rings is 1. The van der Waals surface area contributed by atoms with Gasteiger partial charge in [0.1, 0.15) is 11.9 Å². The molecule has 72 heavy (non-hydrogen) atoms. The topological polar surface area (TPSA) is 120 Å². The second-order valence-corrected chi connectivity index (χ2v) is 21.1. The van der Waals surface area contributed by atoms with Gasteiger partial charge in [-0.3, -0.25) is 19.5 Å². The molecule has 9 rings (SSSR count). The lowest BCUT2D eigenvalue weighted by Gasteiger charge is -2.44. The summed E-state index contributed by atoms with van der Waals surface area (Å²) in [5.41, 5.74) is 8.36. The molecule has 0 radical (unpaired) electrons. The van der Waals surface area contributed by atoms with Crippen LogP contribution in [-0.4, -0.2) is 76.0 Å². The summed E-state index contributed by atoms with van der Waals surface area (Å²) in [6, 6.07) is 25.5. The van der Waals surface area contributed by atoms with Crippen molar-refractivity contribution in [2.24, 2.45) is 34.1 Å². The summed E-state index contributed by atoms with van der Waals surface area (Å²) in [6.45, 7) is 16.2. The SMILES string of the molecule is CCC(CC1(CCC(=O)C(c2ccccc2)N(CC)CC)CC1)C1=NC=C(c2ccc3c(c2)C(F)(F)c2cc(-c4ccc5nc(C(CC)N(CC)C(=O)C(NC(=O)OC)C(C)C)[nH]c5c4)ccc2-3)C2CCC12. The molecule has 6 unspecified atom stereocenters. The number of hydrogen-bond donors (Lipinski definition) is 2. The van der Waals surface area contributed by atoms with Crippen molar-refractivity contribution in [2.45, 2.75) is 130 Å². The normalized spacial score (nSPS) is 19.8. The fourth-order valence-electron chi connectivity index (χ4n) is 12.2. The number of halogens is 2. The van der Waals surface area contributed by atoms with Crippen LogP contribution in [0.3, 0.4) is 0 Å². The van der Waals surface area contributed by atoms with Crippen LogP contribution in [0.1, 0.15) is 146 Å². The van der Waals surface area contributed by atoms with Crippen LogP contribution in [0.25, 0.3) is 38.9 Å². The lowest BCUT2D eigenvalue weighted by atomic mass is 9.62. The predicted molar refractivity (Wildman–Crippen MR) is 283 cm³/mol. The zero-order valence-corrected chi connectivity index (χ0v) is 43.4. The van der Waals surface area contributed by atoms with Crippen LogP contribution < -0.4 is 5.32 Å². The maximum atomic E-state index is 16.9. The van der Waals surface area contributed by atoms with Crippen LogP contribution in [0.2, 0.25) is 0 Å². The number of aromatic nitrogens is 2. The molecule has 2 heterocycles. The average Bonchev–Trinajstić information content (AvgIpc) is 3.96. The largest absolute Gasteiger partial charge is 0.453 e. The highest BCUT2D eigenvalue weighted by atomic mass is 19.3. The fraction of sp³-hybridized carbons (Fsp3) is 0.483. The number of alkyl halides is 2. The van der Waals surface area contributed by atoms with E-state index < -0.39 is 24.1 Å². The van der Waals surface area contributed by atoms with Gasteiger partial charge in [-0.15, -0.1) is 0 Å². The smallest absolute Gasteiger partial charge is 0.407 e. The van der Waals surface area contributed by atoms with Gasteiger partial charge in [0.05, 0.1) is 30.2 Å². The monoisotopic (exact) mass is 979 g/mol. The molecule has 5 aromatic rings. The molecule has 2 saturated carbocycles. The van der Waals surface area contributed by atoms with Crippen LogP contribution in [0.15, 0.2) is 96.1 Å². The number of amides is 2. The maximum Gasteiger partial charge on any atom is 0.407 e. The third-order valence-corrected chi connectivity index (χ3v) is 16.7. The molecular weight excluding hydrogens is 907 g/mol. The average molecular weight is 979 g/mol. The number of aliphatic imine (C=N–C) groups is 1. The minimum absolute atomic E-state index is 0.00875. The summed E-state index contributed by atoms with van der Waals surface area (Å²) >= 11 is 0. The summed E-state index contributed by atoms with van der Waals surface area (Å²) < 4.78 is 38.5. The number of ketones is 1. The number of Topliss-reactive ketones (excluding diaryl/α,β-unsaturated/α-hetero) is 1. The van der Waals surface area contributed by atoms with Crippen LogP contribution in [0.4, 0.5) is 13.6 Å². The first-order valence-electron chi connectivity index (χ1n) is 26.6. The number of alkyl carbamates (subject to hydrolysis) is 1. The van der Waals surface area contributed by atoms with Gasteiger partial charge < -0.3 is 19.9 Å². The third kappa shape index (κ3) is 9.56. The van der Waals surface area contributed by atoms with E-state index in [0.29, 0.717) is 65.0 Å². The first kappa shape index (κ1) is 50.9. The molecule has 10 nitrogen and oxygen atoms in total. The minimum Gasteiger partial charge on any atom is -0.453 e. The van der Waals surface area contributed by atoms with Gasteiger partial charge in [0.15, 0.2) is 5.78 Å². The van der Waals surface area contributed by atoms with E-state index in [2.05, 4.69) is 48.1 Å². The number of allylic oxidation sites excluding steroid dienone is 1. The molecule has 0 spiro atoms. The molecule has 0 saturated heterocycles. The van der Waals surface area contributed by atoms with E-state index in [-0.39, 0.29) is 40.3 Å². The van der Waals surface area contributed by atoms with E-state index in [0.717, 1.165) is 85.8 Å². The Labute approximate surface area is 424 Å². The Balaban J connectivity index is 0.909. The lowest BCUT2D eigenvalue weighted by Crippen LogP contribution is -2.52. The van der Waals surface area contributed by atoms with Crippen molar-refractivity contribution in [1.82, 2.24) is 25.1 Å². The number of nitrogens with zero attached hydrogens (tertiary/aromatic N) is 4. The van der Waals surface area contributed by atoms with E-state index >= 15 is 8.78 Å². The van der Waals surface area contributed by atoms with Crippen LogP contribution in [-0.2, 0) is 20.2 Å². The maximum absolute atomic E-state index is 16.9. The Morgan fingerprint density at radius 3 is 2.07 bits per heavy atom. The number of hydrogen-bond acceptors (Lipinski definition) is 7. The van der Waals surface area contributed by atoms with E-state index in [1.54, 1.807) is 17.0 Å². The number of rotatable bonds is 21. The Morgan fingerprint density at radius 1 is 0.819 bits per heavy atom. The van der Waals surface area contributed by atoms with Gasteiger partial charge in [-0.2, -0.15) is 8.78 Å². The molecule has 4 aromatic carbocycles. The molecule has 12 heteroatoms. The molecule has 2 amide bonds. The van der Waals surface area contributed by atoms with Crippen molar-refractivity contribution in [2.75, 3.05) is 26.7 Å². The van der Waals surface area contributed by atoms with Gasteiger partial charge in [0.2, 0.25) is 5.91 Å². The second kappa shape index (κ2) is 20.8. The van der Waals surface area contributed by atoms with Crippen molar-refractivity contribution < 1.29 is 27.9 Å². The summed E-state index contributed by atoms with van der Waals surface area (Å²) in [7, 11) is 1.27. The van der Waals surface area contributed by atoms with Crippen molar-refractivity contribution in [3.05, 3.63) is 119 Å². The van der Waals surface area contributed by atoms with Gasteiger partial charge in [-0.05, 0) is 158 Å². The van der Waals surface area contributed by atoms with E-state index in [4.69, 9.17) is 14.7 Å². The molecule has 380 valence electrons. The van der Waals surface area contributed by atoms with E-state index in [1.807, 2.05) is 94.6 Å². The van der Waals surface area contributed by atoms with Gasteiger partial charge in [0, 0.05) is 41.9 Å². The van der Waals surface area contributed by atoms with Crippen LogP contribution in [0, 0.1) is 29.1 Å². The summed E-state index contributed by atoms with van der Waals surface area (Å²) in [5.74, 6) is -1.80. The van der Waals surface area contributed by atoms with Gasteiger partial charge in [-0.1, -0.05) is 102 Å². The number of aromatic amines is 1. The highest BCUT2D eigenvalue weighted by Gasteiger charge is 2.49. The van der Waals surface area contributed by atoms with Crippen molar-refractivity contribution in [3.8, 4) is 22.3 Å². The van der Waals surface area contributed by atoms with Gasteiger partial charge in [-0.25, -0.2) is 9.78 Å². The Morgan fingerprint density at radius 2 is 1.47 bits per heavy atom. The zero-order chi connectivity index (χ0) is 51.1. The highest BCUT2D eigenvalue weighted by Crippen LogP contribution is 2.58. The van der Waals surface area contributed by atoms with Crippen LogP contribution >= 0.6 is 0 Å². The van der Waals surface area contributed by atoms with Gasteiger partial charge in [0.25, 0.3) is 5.92 Å². The third-order valence-electron chi connectivity index (χ3n) is 16.7. The number of methoxy groups -OCH3 is 1. The number of carbonyl (C=O) groups excluding carboxylic acids is 3. The molecule has 3 aliphatic carbocycles. The summed E-state index contributed by atoms with van der Waals surface area (Å²) in [5, 5.41) is 2.69. The van der Waals surface area contributed by atoms with Crippen molar-refractivity contribution >= 4 is 40.1 Å². The molecular formula is C60H72F2N6O4. The number of fused-ring (bicyclic) bond motifs is 5. The quantitative estimate of drug-likeness (QED) is 0.0756. The molecule has 0 bridgehead atoms. The Bertz CT molecular complexity index is 2880. The summed E-state index contributed by atoms with van der Waals surface area (Å²) in [6.07, 6.45) is 9.77. The first-order chi connectivity index (χ1) is 34.7. The minimum atomic E-state index is -3.20. The number of benzene rings is 4. The number of H-pyrrole nitrogens is 1. The van der Waals surface area contributed by atoms with E-state index in [1.165, 1.54) is 12.8 Å². The van der Waals surface area contributed by atoms with Crippen LogP contribution in [0.5, 0.6) is 0 Å². The second-order valence-electron chi connectivity index (χ2n) is 21.1. The molecule has 1 aromatic heterocycles. The van der Waals surface area contributed by atoms with E-state index in [9.17, 15) is 14.4 Å². The number of ether oxygens (including phenoxy) is 1. The lowest BCUT2D eigenvalue weighted by molar-refractivity contribution is -0.137. The van der Waals surface area contributed by atoms with Gasteiger partial charge >= 0.3 is 6.09 Å². The van der Waals surface area contributed by atoms with Crippen molar-refractivity contribution in [1.29, 1.82) is 0 Å². The number of likely N-dealkylation sites (N-methyl/N-ethyl adjacent to an activating group) is 2. The Kier molecular flexibility index (Phi) is 14.7. The molecule has 2 N–H and O–H groups in total. The predicted octanol–water partition coefficient (Wildman–Crippen LogP) is 13.5. The number of nitrogens with one attached hydrogen (secondary N) is 2. The molecule has 4 aliphatic rings. The fourth-order valence-corrected chi connectivity index (χ4v) is 12.2. The number of carbonyl (C=O) groups is 3. The van der Waals surface area contributed by atoms with Crippen molar-refractivity contribution in [3.63, 3.8) is 0 Å².